The van der Waals surface area contributed by atoms with Crippen LogP contribution in [0.1, 0.15) is 11.1 Å². The highest BCUT2D eigenvalue weighted by Crippen LogP contribution is 2.34. The Morgan fingerprint density at radius 1 is 0.955 bits per heavy atom. The van der Waals surface area contributed by atoms with E-state index in [1.807, 2.05) is 42.5 Å². The largest absolute Gasteiger partial charge is 0.496 e. The molecule has 0 amide bonds. The zero-order valence-corrected chi connectivity index (χ0v) is 14.5. The van der Waals surface area contributed by atoms with Crippen molar-refractivity contribution in [3.63, 3.8) is 0 Å². The fourth-order valence-electron chi connectivity index (χ4n) is 2.87. The molecule has 22 heavy (non-hydrogen) atoms. The Hall–Kier alpha value is -2.07. The minimum absolute atomic E-state index is 0.204. The molecule has 2 aromatic carbocycles. The predicted octanol–water partition coefficient (Wildman–Crippen LogP) is 3.11. The molecule has 0 radical (unpaired) electrons. The van der Waals surface area contributed by atoms with Crippen molar-refractivity contribution in [3.8, 4) is 5.75 Å². The summed E-state index contributed by atoms with van der Waals surface area (Å²) in [5.41, 5.74) is 0.591. The molecule has 0 aliphatic rings. The van der Waals surface area contributed by atoms with Gasteiger partial charge in [0.2, 0.25) is 0 Å². The van der Waals surface area contributed by atoms with Crippen LogP contribution in [0.25, 0.3) is 0 Å². The SMILES string of the molecule is COC(=O)C(c1ccccc1OC)[Si](C)(C)c1ccccc1. The van der Waals surface area contributed by atoms with Gasteiger partial charge in [0, 0.05) is 5.56 Å². The molecule has 116 valence electrons. The van der Waals surface area contributed by atoms with Gasteiger partial charge >= 0.3 is 5.97 Å². The van der Waals surface area contributed by atoms with E-state index in [4.69, 9.17) is 9.47 Å². The minimum Gasteiger partial charge on any atom is -0.496 e. The molecule has 0 saturated carbocycles. The van der Waals surface area contributed by atoms with E-state index in [1.165, 1.54) is 12.3 Å². The average Bonchev–Trinajstić information content (AvgIpc) is 2.56. The highest BCUT2D eigenvalue weighted by molar-refractivity contribution is 6.93. The van der Waals surface area contributed by atoms with Crippen LogP contribution in [0.5, 0.6) is 5.75 Å². The molecule has 4 heteroatoms. The van der Waals surface area contributed by atoms with Crippen LogP contribution in [0.4, 0.5) is 0 Å². The van der Waals surface area contributed by atoms with Gasteiger partial charge in [0.1, 0.15) is 13.8 Å². The van der Waals surface area contributed by atoms with Gasteiger partial charge in [-0.25, -0.2) is 0 Å². The van der Waals surface area contributed by atoms with Gasteiger partial charge in [-0.05, 0) is 6.07 Å². The van der Waals surface area contributed by atoms with E-state index in [0.29, 0.717) is 0 Å². The second kappa shape index (κ2) is 6.79. The lowest BCUT2D eigenvalue weighted by atomic mass is 10.1. The first-order valence-corrected chi connectivity index (χ1v) is 10.4. The number of rotatable bonds is 5. The van der Waals surface area contributed by atoms with Crippen molar-refractivity contribution in [3.05, 3.63) is 60.2 Å². The lowest BCUT2D eigenvalue weighted by molar-refractivity contribution is -0.140. The van der Waals surface area contributed by atoms with Crippen LogP contribution in [0.3, 0.4) is 0 Å². The Bertz CT molecular complexity index is 638. The molecule has 2 rings (SSSR count). The smallest absolute Gasteiger partial charge is 0.310 e. The summed E-state index contributed by atoms with van der Waals surface area (Å²) in [5, 5.41) is 1.22. The van der Waals surface area contributed by atoms with Crippen LogP contribution in [-0.2, 0) is 9.53 Å². The van der Waals surface area contributed by atoms with Crippen LogP contribution in [-0.4, -0.2) is 28.3 Å². The third-order valence-corrected chi connectivity index (χ3v) is 7.94. The Labute approximate surface area is 132 Å². The van der Waals surface area contributed by atoms with Crippen molar-refractivity contribution in [1.29, 1.82) is 0 Å². The summed E-state index contributed by atoms with van der Waals surface area (Å²) in [5.74, 6) is 0.527. The van der Waals surface area contributed by atoms with Gasteiger partial charge in [0.05, 0.1) is 19.8 Å². The van der Waals surface area contributed by atoms with E-state index in [-0.39, 0.29) is 11.5 Å². The van der Waals surface area contributed by atoms with Gasteiger partial charge in [0.15, 0.2) is 0 Å². The van der Waals surface area contributed by atoms with Crippen molar-refractivity contribution in [1.82, 2.24) is 0 Å². The van der Waals surface area contributed by atoms with Crippen molar-refractivity contribution >= 4 is 19.2 Å². The van der Waals surface area contributed by atoms with E-state index >= 15 is 0 Å². The van der Waals surface area contributed by atoms with E-state index in [2.05, 4.69) is 25.2 Å². The lowest BCUT2D eigenvalue weighted by Crippen LogP contribution is -2.51. The fourth-order valence-corrected chi connectivity index (χ4v) is 5.98. The van der Waals surface area contributed by atoms with E-state index in [1.54, 1.807) is 7.11 Å². The van der Waals surface area contributed by atoms with Gasteiger partial charge < -0.3 is 9.47 Å². The molecule has 1 atom stereocenters. The summed E-state index contributed by atoms with van der Waals surface area (Å²) in [4.78, 5) is 12.6. The van der Waals surface area contributed by atoms with E-state index in [9.17, 15) is 4.79 Å². The number of carbonyl (C=O) groups excluding carboxylic acids is 1. The summed E-state index contributed by atoms with van der Waals surface area (Å²) in [6.07, 6.45) is 0. The first-order chi connectivity index (χ1) is 10.5. The molecule has 0 N–H and O–H groups in total. The quantitative estimate of drug-likeness (QED) is 0.628. The molecule has 0 spiro atoms. The minimum atomic E-state index is -2.14. The van der Waals surface area contributed by atoms with Crippen molar-refractivity contribution in [2.75, 3.05) is 14.2 Å². The van der Waals surface area contributed by atoms with E-state index in [0.717, 1.165) is 11.3 Å². The molecule has 0 aromatic heterocycles. The average molecular weight is 314 g/mol. The van der Waals surface area contributed by atoms with Crippen LogP contribution < -0.4 is 9.92 Å². The van der Waals surface area contributed by atoms with E-state index < -0.39 is 8.07 Å². The second-order valence-corrected chi connectivity index (χ2v) is 10.4. The maximum atomic E-state index is 12.6. The maximum Gasteiger partial charge on any atom is 0.310 e. The predicted molar refractivity (Wildman–Crippen MR) is 91.3 cm³/mol. The van der Waals surface area contributed by atoms with Gasteiger partial charge in [-0.2, -0.15) is 0 Å². The zero-order chi connectivity index (χ0) is 16.2. The Balaban J connectivity index is 2.58. The van der Waals surface area contributed by atoms with Crippen molar-refractivity contribution in [2.24, 2.45) is 0 Å². The standard InChI is InChI=1S/C18H22O3Si/c1-20-16-13-9-8-12-15(16)17(18(19)21-2)22(3,4)14-10-6-5-7-11-14/h5-13,17H,1-4H3. The number of hydrogen-bond donors (Lipinski definition) is 0. The topological polar surface area (TPSA) is 35.5 Å². The molecule has 0 aliphatic heterocycles. The molecular formula is C18H22O3Si. The fraction of sp³-hybridized carbons (Fsp3) is 0.278. The molecule has 0 heterocycles. The van der Waals surface area contributed by atoms with Crippen LogP contribution in [0.2, 0.25) is 13.1 Å². The number of esters is 1. The monoisotopic (exact) mass is 314 g/mol. The summed E-state index contributed by atoms with van der Waals surface area (Å²) in [6, 6.07) is 17.9. The summed E-state index contributed by atoms with van der Waals surface area (Å²) in [7, 11) is 0.938. The van der Waals surface area contributed by atoms with Gasteiger partial charge in [-0.3, -0.25) is 4.79 Å². The van der Waals surface area contributed by atoms with Crippen molar-refractivity contribution in [2.45, 2.75) is 18.6 Å². The summed E-state index contributed by atoms with van der Waals surface area (Å²) >= 11 is 0. The Morgan fingerprint density at radius 3 is 2.14 bits per heavy atom. The third-order valence-electron chi connectivity index (χ3n) is 4.13. The molecular weight excluding hydrogens is 292 g/mol. The number of methoxy groups -OCH3 is 2. The number of carbonyl (C=O) groups is 1. The lowest BCUT2D eigenvalue weighted by Gasteiger charge is -2.32. The maximum absolute atomic E-state index is 12.6. The molecule has 0 aliphatic carbocycles. The van der Waals surface area contributed by atoms with Gasteiger partial charge in [-0.15, -0.1) is 0 Å². The van der Waals surface area contributed by atoms with Crippen LogP contribution in [0.15, 0.2) is 54.6 Å². The summed E-state index contributed by atoms with van der Waals surface area (Å²) in [6.45, 7) is 4.38. The molecule has 0 saturated heterocycles. The molecule has 3 nitrogen and oxygen atoms in total. The van der Waals surface area contributed by atoms with Crippen molar-refractivity contribution < 1.29 is 14.3 Å². The Kier molecular flexibility index (Phi) is 5.03. The second-order valence-electron chi connectivity index (χ2n) is 5.79. The Morgan fingerprint density at radius 2 is 1.55 bits per heavy atom. The molecule has 1 unspecified atom stereocenters. The first-order valence-electron chi connectivity index (χ1n) is 7.28. The number of benzene rings is 2. The summed E-state index contributed by atoms with van der Waals surface area (Å²) < 4.78 is 10.6. The highest BCUT2D eigenvalue weighted by Gasteiger charge is 2.42. The normalized spacial score (nSPS) is 12.5. The number of hydrogen-bond acceptors (Lipinski definition) is 3. The zero-order valence-electron chi connectivity index (χ0n) is 13.5. The first kappa shape index (κ1) is 16.3. The van der Waals surface area contributed by atoms with Crippen LogP contribution >= 0.6 is 0 Å². The highest BCUT2D eigenvalue weighted by atomic mass is 28.3. The number of ether oxygens (including phenoxy) is 2. The molecule has 0 fully saturated rings. The van der Waals surface area contributed by atoms with Gasteiger partial charge in [-0.1, -0.05) is 66.8 Å². The van der Waals surface area contributed by atoms with Gasteiger partial charge in [0.25, 0.3) is 0 Å². The number of para-hydroxylation sites is 1. The van der Waals surface area contributed by atoms with Crippen LogP contribution in [0, 0.1) is 0 Å². The molecule has 2 aromatic rings. The third kappa shape index (κ3) is 3.07. The molecule has 0 bridgehead atoms.